The maximum atomic E-state index is 14.0. The van der Waals surface area contributed by atoms with E-state index >= 15 is 0 Å². The van der Waals surface area contributed by atoms with Gasteiger partial charge < -0.3 is 10.4 Å². The van der Waals surface area contributed by atoms with Gasteiger partial charge in [0.15, 0.2) is 0 Å². The van der Waals surface area contributed by atoms with E-state index in [9.17, 15) is 9.50 Å². The molecule has 1 aromatic heterocycles. The summed E-state index contributed by atoms with van der Waals surface area (Å²) in [4.78, 5) is 4.39. The molecule has 3 nitrogen and oxygen atoms in total. The van der Waals surface area contributed by atoms with Gasteiger partial charge in [-0.2, -0.15) is 0 Å². The quantitative estimate of drug-likeness (QED) is 0.746. The van der Waals surface area contributed by atoms with E-state index in [2.05, 4.69) is 10.3 Å². The molecule has 0 bridgehead atoms. The molecule has 0 aliphatic heterocycles. The molecule has 0 saturated carbocycles. The molecular weight excluding hydrogens is 263 g/mol. The zero-order chi connectivity index (χ0) is 13.4. The summed E-state index contributed by atoms with van der Waals surface area (Å²) in [5.41, 5.74) is 1.95. The number of nitrogens with one attached hydrogen (secondary N) is 1. The lowest BCUT2D eigenvalue weighted by Crippen LogP contribution is -1.90. The number of thiazole rings is 1. The Morgan fingerprint density at radius 1 is 1.21 bits per heavy atom. The van der Waals surface area contributed by atoms with Crippen LogP contribution in [0.4, 0.5) is 10.1 Å². The molecule has 5 heteroatoms. The minimum atomic E-state index is -0.310. The molecular formula is C14H11FN2OS. The monoisotopic (exact) mass is 274 g/mol. The van der Waals surface area contributed by atoms with Crippen LogP contribution in [-0.2, 0) is 0 Å². The molecule has 0 radical (unpaired) electrons. The summed E-state index contributed by atoms with van der Waals surface area (Å²) in [6.07, 6.45) is 0. The Balaban J connectivity index is 2.13. The lowest BCUT2D eigenvalue weighted by atomic mass is 10.2. The normalized spacial score (nSPS) is 10.8. The largest absolute Gasteiger partial charge is 0.508 e. The number of phenolic OH excluding ortho intramolecular Hbond substituents is 1. The van der Waals surface area contributed by atoms with E-state index < -0.39 is 0 Å². The van der Waals surface area contributed by atoms with E-state index in [0.717, 1.165) is 15.9 Å². The number of aromatic hydroxyl groups is 1. The van der Waals surface area contributed by atoms with Gasteiger partial charge in [-0.3, -0.25) is 0 Å². The Morgan fingerprint density at radius 3 is 2.79 bits per heavy atom. The van der Waals surface area contributed by atoms with E-state index in [1.165, 1.54) is 17.4 Å². The molecule has 96 valence electrons. The van der Waals surface area contributed by atoms with Crippen molar-refractivity contribution in [3.8, 4) is 16.3 Å². The fourth-order valence-electron chi connectivity index (χ4n) is 1.87. The number of aromatic nitrogens is 1. The summed E-state index contributed by atoms with van der Waals surface area (Å²) in [6, 6.07) is 9.90. The second-order valence-corrected chi connectivity index (χ2v) is 5.15. The third kappa shape index (κ3) is 2.13. The van der Waals surface area contributed by atoms with Gasteiger partial charge in [-0.05, 0) is 36.4 Å². The van der Waals surface area contributed by atoms with Crippen molar-refractivity contribution in [3.63, 3.8) is 0 Å². The standard InChI is InChI=1S/C14H11FN2OS/c1-16-8-2-4-10(11(15)6-8)14-17-12-5-3-9(18)7-13(12)19-14/h2-7,16,18H,1H3. The fraction of sp³-hybridized carbons (Fsp3) is 0.0714. The Morgan fingerprint density at radius 2 is 2.05 bits per heavy atom. The third-order valence-electron chi connectivity index (χ3n) is 2.86. The number of hydrogen-bond donors (Lipinski definition) is 2. The molecule has 3 aromatic rings. The van der Waals surface area contributed by atoms with Gasteiger partial charge in [-0.1, -0.05) is 0 Å². The minimum Gasteiger partial charge on any atom is -0.508 e. The van der Waals surface area contributed by atoms with E-state index in [0.29, 0.717) is 10.6 Å². The summed E-state index contributed by atoms with van der Waals surface area (Å²) in [5.74, 6) is -0.121. The number of benzene rings is 2. The van der Waals surface area contributed by atoms with E-state index in [1.807, 2.05) is 6.07 Å². The zero-order valence-electron chi connectivity index (χ0n) is 10.1. The van der Waals surface area contributed by atoms with Crippen molar-refractivity contribution in [1.29, 1.82) is 0 Å². The Bertz CT molecular complexity index is 754. The molecule has 3 rings (SSSR count). The van der Waals surface area contributed by atoms with Crippen LogP contribution in [0.15, 0.2) is 36.4 Å². The first-order valence-electron chi connectivity index (χ1n) is 5.74. The Labute approximate surface area is 113 Å². The van der Waals surface area contributed by atoms with Gasteiger partial charge in [0.1, 0.15) is 16.6 Å². The number of phenols is 1. The average molecular weight is 274 g/mol. The minimum absolute atomic E-state index is 0.189. The molecule has 0 fully saturated rings. The van der Waals surface area contributed by atoms with Gasteiger partial charge in [0.25, 0.3) is 0 Å². The number of anilines is 1. The molecule has 0 aliphatic rings. The van der Waals surface area contributed by atoms with Crippen LogP contribution in [0, 0.1) is 5.82 Å². The molecule has 0 saturated heterocycles. The molecule has 0 unspecified atom stereocenters. The highest BCUT2D eigenvalue weighted by Crippen LogP contribution is 2.33. The SMILES string of the molecule is CNc1ccc(-c2nc3ccc(O)cc3s2)c(F)c1. The number of hydrogen-bond acceptors (Lipinski definition) is 4. The molecule has 2 aromatic carbocycles. The second kappa shape index (κ2) is 4.51. The van der Waals surface area contributed by atoms with Gasteiger partial charge in [0, 0.05) is 18.3 Å². The van der Waals surface area contributed by atoms with Gasteiger partial charge in [-0.15, -0.1) is 11.3 Å². The first-order valence-corrected chi connectivity index (χ1v) is 6.56. The maximum Gasteiger partial charge on any atom is 0.135 e. The van der Waals surface area contributed by atoms with Crippen LogP contribution < -0.4 is 5.32 Å². The van der Waals surface area contributed by atoms with Crippen LogP contribution in [0.5, 0.6) is 5.75 Å². The second-order valence-electron chi connectivity index (χ2n) is 4.12. The van der Waals surface area contributed by atoms with Crippen molar-refractivity contribution in [2.45, 2.75) is 0 Å². The summed E-state index contributed by atoms with van der Waals surface area (Å²) in [7, 11) is 1.74. The topological polar surface area (TPSA) is 45.2 Å². The first kappa shape index (κ1) is 11.9. The van der Waals surface area contributed by atoms with Crippen molar-refractivity contribution in [3.05, 3.63) is 42.2 Å². The van der Waals surface area contributed by atoms with Crippen molar-refractivity contribution in [2.75, 3.05) is 12.4 Å². The average Bonchev–Trinajstić information content (AvgIpc) is 2.81. The fourth-order valence-corrected chi connectivity index (χ4v) is 2.90. The molecule has 0 spiro atoms. The number of nitrogens with zero attached hydrogens (tertiary/aromatic N) is 1. The number of rotatable bonds is 2. The molecule has 0 aliphatic carbocycles. The van der Waals surface area contributed by atoms with Crippen LogP contribution >= 0.6 is 11.3 Å². The van der Waals surface area contributed by atoms with Crippen molar-refractivity contribution in [1.82, 2.24) is 4.98 Å². The maximum absolute atomic E-state index is 14.0. The first-order chi connectivity index (χ1) is 9.17. The highest BCUT2D eigenvalue weighted by Gasteiger charge is 2.11. The number of fused-ring (bicyclic) bond motifs is 1. The van der Waals surface area contributed by atoms with Crippen LogP contribution in [-0.4, -0.2) is 17.1 Å². The molecule has 0 atom stereocenters. The highest BCUT2D eigenvalue weighted by molar-refractivity contribution is 7.21. The van der Waals surface area contributed by atoms with Gasteiger partial charge in [0.2, 0.25) is 0 Å². The van der Waals surface area contributed by atoms with Crippen LogP contribution in [0.1, 0.15) is 0 Å². The van der Waals surface area contributed by atoms with E-state index in [1.54, 1.807) is 31.3 Å². The Kier molecular flexibility index (Phi) is 2.83. The van der Waals surface area contributed by atoms with E-state index in [-0.39, 0.29) is 11.6 Å². The van der Waals surface area contributed by atoms with Crippen molar-refractivity contribution < 1.29 is 9.50 Å². The third-order valence-corrected chi connectivity index (χ3v) is 3.91. The van der Waals surface area contributed by atoms with Gasteiger partial charge >= 0.3 is 0 Å². The summed E-state index contributed by atoms with van der Waals surface area (Å²) >= 11 is 1.36. The van der Waals surface area contributed by atoms with Crippen LogP contribution in [0.25, 0.3) is 20.8 Å². The predicted octanol–water partition coefficient (Wildman–Crippen LogP) is 3.85. The molecule has 0 amide bonds. The smallest absolute Gasteiger partial charge is 0.135 e. The van der Waals surface area contributed by atoms with Gasteiger partial charge in [-0.25, -0.2) is 9.37 Å². The Hall–Kier alpha value is -2.14. The molecule has 2 N–H and O–H groups in total. The zero-order valence-corrected chi connectivity index (χ0v) is 11.0. The van der Waals surface area contributed by atoms with Crippen molar-refractivity contribution >= 4 is 27.2 Å². The lowest BCUT2D eigenvalue weighted by molar-refractivity contribution is 0.476. The van der Waals surface area contributed by atoms with Gasteiger partial charge in [0.05, 0.1) is 10.2 Å². The van der Waals surface area contributed by atoms with Crippen LogP contribution in [0.2, 0.25) is 0 Å². The highest BCUT2D eigenvalue weighted by atomic mass is 32.1. The summed E-state index contributed by atoms with van der Waals surface area (Å²) in [5, 5.41) is 12.9. The summed E-state index contributed by atoms with van der Waals surface area (Å²) in [6.45, 7) is 0. The van der Waals surface area contributed by atoms with E-state index in [4.69, 9.17) is 0 Å². The lowest BCUT2D eigenvalue weighted by Gasteiger charge is -2.02. The van der Waals surface area contributed by atoms with Crippen LogP contribution in [0.3, 0.4) is 0 Å². The molecule has 1 heterocycles. The molecule has 19 heavy (non-hydrogen) atoms. The number of halogens is 1. The predicted molar refractivity (Wildman–Crippen MR) is 76.2 cm³/mol. The summed E-state index contributed by atoms with van der Waals surface area (Å²) < 4.78 is 14.8. The van der Waals surface area contributed by atoms with Crippen molar-refractivity contribution in [2.24, 2.45) is 0 Å².